The summed E-state index contributed by atoms with van der Waals surface area (Å²) in [6, 6.07) is 7.76. The van der Waals surface area contributed by atoms with Crippen molar-refractivity contribution in [3.8, 4) is 0 Å². The summed E-state index contributed by atoms with van der Waals surface area (Å²) >= 11 is 1.58. The van der Waals surface area contributed by atoms with Gasteiger partial charge in [0.15, 0.2) is 0 Å². The molecule has 4 nitrogen and oxygen atoms in total. The van der Waals surface area contributed by atoms with Crippen LogP contribution >= 0.6 is 11.3 Å². The first-order valence-electron chi connectivity index (χ1n) is 6.70. The van der Waals surface area contributed by atoms with E-state index in [9.17, 15) is 4.79 Å². The number of hydrogen-bond acceptors (Lipinski definition) is 4. The highest BCUT2D eigenvalue weighted by Crippen LogP contribution is 2.26. The summed E-state index contributed by atoms with van der Waals surface area (Å²) in [7, 11) is 0. The van der Waals surface area contributed by atoms with Crippen molar-refractivity contribution in [2.75, 3.05) is 13.2 Å². The molecule has 1 amide bonds. The van der Waals surface area contributed by atoms with Gasteiger partial charge in [-0.15, -0.1) is 11.3 Å². The summed E-state index contributed by atoms with van der Waals surface area (Å²) in [6.07, 6.45) is 3.44. The lowest BCUT2D eigenvalue weighted by atomic mass is 10.2. The number of thiophene rings is 1. The standard InChI is InChI=1S/C15H16N2O2S/c18-15(17-7-4-12-3-1-2-6-16-12)14-9-11-10-19-8-5-13(11)20-14/h1-3,6,9H,4-5,7-8,10H2,(H,17,18). The van der Waals surface area contributed by atoms with Crippen LogP contribution in [0.3, 0.4) is 0 Å². The lowest BCUT2D eigenvalue weighted by molar-refractivity contribution is 0.0957. The highest BCUT2D eigenvalue weighted by molar-refractivity contribution is 7.14. The minimum absolute atomic E-state index is 0.000307. The Balaban J connectivity index is 1.55. The average molecular weight is 288 g/mol. The Hall–Kier alpha value is -1.72. The van der Waals surface area contributed by atoms with E-state index in [4.69, 9.17) is 4.74 Å². The van der Waals surface area contributed by atoms with Crippen molar-refractivity contribution in [1.82, 2.24) is 10.3 Å². The number of carbonyl (C=O) groups excluding carboxylic acids is 1. The van der Waals surface area contributed by atoms with Gasteiger partial charge in [-0.2, -0.15) is 0 Å². The SMILES string of the molecule is O=C(NCCc1ccccn1)c1cc2c(s1)CCOC2. The Kier molecular flexibility index (Phi) is 4.08. The van der Waals surface area contributed by atoms with Gasteiger partial charge in [-0.1, -0.05) is 6.07 Å². The smallest absolute Gasteiger partial charge is 0.261 e. The largest absolute Gasteiger partial charge is 0.376 e. The molecule has 1 N–H and O–H groups in total. The monoisotopic (exact) mass is 288 g/mol. The molecule has 2 aromatic rings. The zero-order valence-electron chi connectivity index (χ0n) is 11.1. The minimum Gasteiger partial charge on any atom is -0.376 e. The predicted octanol–water partition coefficient (Wildman–Crippen LogP) is 2.19. The highest BCUT2D eigenvalue weighted by atomic mass is 32.1. The van der Waals surface area contributed by atoms with Gasteiger partial charge in [0.2, 0.25) is 0 Å². The lowest BCUT2D eigenvalue weighted by Crippen LogP contribution is -2.25. The second kappa shape index (κ2) is 6.15. The van der Waals surface area contributed by atoms with Crippen LogP contribution < -0.4 is 5.32 Å². The van der Waals surface area contributed by atoms with Crippen LogP contribution in [0, 0.1) is 0 Å². The molecule has 0 saturated carbocycles. The Bertz CT molecular complexity index is 572. The van der Waals surface area contributed by atoms with Crippen molar-refractivity contribution in [2.45, 2.75) is 19.4 Å². The number of fused-ring (bicyclic) bond motifs is 1. The van der Waals surface area contributed by atoms with Crippen molar-refractivity contribution in [1.29, 1.82) is 0 Å². The summed E-state index contributed by atoms with van der Waals surface area (Å²) in [5.74, 6) is 0.000307. The van der Waals surface area contributed by atoms with E-state index in [1.807, 2.05) is 24.3 Å². The molecule has 0 spiro atoms. The van der Waals surface area contributed by atoms with Crippen molar-refractivity contribution < 1.29 is 9.53 Å². The van der Waals surface area contributed by atoms with Crippen LogP contribution in [0.4, 0.5) is 0 Å². The van der Waals surface area contributed by atoms with E-state index in [1.54, 1.807) is 17.5 Å². The van der Waals surface area contributed by atoms with Crippen molar-refractivity contribution in [3.05, 3.63) is 51.5 Å². The molecule has 2 aromatic heterocycles. The Morgan fingerprint density at radius 2 is 2.40 bits per heavy atom. The molecular weight excluding hydrogens is 272 g/mol. The lowest BCUT2D eigenvalue weighted by Gasteiger charge is -2.10. The molecule has 20 heavy (non-hydrogen) atoms. The van der Waals surface area contributed by atoms with Gasteiger partial charge in [0, 0.05) is 36.2 Å². The minimum atomic E-state index is 0.000307. The molecule has 3 heterocycles. The second-order valence-corrected chi connectivity index (χ2v) is 5.83. The molecule has 0 bridgehead atoms. The molecule has 104 valence electrons. The van der Waals surface area contributed by atoms with Gasteiger partial charge in [-0.25, -0.2) is 0 Å². The van der Waals surface area contributed by atoms with Crippen LogP contribution in [0.1, 0.15) is 25.8 Å². The van der Waals surface area contributed by atoms with E-state index in [1.165, 1.54) is 4.88 Å². The van der Waals surface area contributed by atoms with Gasteiger partial charge in [0.25, 0.3) is 5.91 Å². The van der Waals surface area contributed by atoms with E-state index in [0.29, 0.717) is 13.2 Å². The number of pyridine rings is 1. The maximum absolute atomic E-state index is 12.1. The third kappa shape index (κ3) is 3.05. The molecular formula is C15H16N2O2S. The number of hydrogen-bond donors (Lipinski definition) is 1. The average Bonchev–Trinajstić information content (AvgIpc) is 2.92. The zero-order chi connectivity index (χ0) is 13.8. The Morgan fingerprint density at radius 3 is 3.20 bits per heavy atom. The summed E-state index contributed by atoms with van der Waals surface area (Å²) in [6.45, 7) is 2.00. The van der Waals surface area contributed by atoms with Gasteiger partial charge in [-0.05, 0) is 23.8 Å². The molecule has 5 heteroatoms. The van der Waals surface area contributed by atoms with Crippen LogP contribution in [0.25, 0.3) is 0 Å². The fourth-order valence-corrected chi connectivity index (χ4v) is 3.26. The van der Waals surface area contributed by atoms with Crippen molar-refractivity contribution in [3.63, 3.8) is 0 Å². The number of ether oxygens (including phenoxy) is 1. The maximum Gasteiger partial charge on any atom is 0.261 e. The van der Waals surface area contributed by atoms with Crippen LogP contribution in [0.2, 0.25) is 0 Å². The maximum atomic E-state index is 12.1. The summed E-state index contributed by atoms with van der Waals surface area (Å²) in [5.41, 5.74) is 2.16. The number of rotatable bonds is 4. The van der Waals surface area contributed by atoms with Gasteiger partial charge < -0.3 is 10.1 Å². The number of nitrogens with zero attached hydrogens (tertiary/aromatic N) is 1. The molecule has 0 saturated heterocycles. The van der Waals surface area contributed by atoms with E-state index in [2.05, 4.69) is 10.3 Å². The molecule has 1 aliphatic rings. The number of aromatic nitrogens is 1. The van der Waals surface area contributed by atoms with Gasteiger partial charge in [0.1, 0.15) is 0 Å². The molecule has 0 aromatic carbocycles. The van der Waals surface area contributed by atoms with E-state index in [-0.39, 0.29) is 5.91 Å². The molecule has 0 atom stereocenters. The van der Waals surface area contributed by atoms with Gasteiger partial charge >= 0.3 is 0 Å². The van der Waals surface area contributed by atoms with Gasteiger partial charge in [-0.3, -0.25) is 9.78 Å². The fraction of sp³-hybridized carbons (Fsp3) is 0.333. The summed E-state index contributed by atoms with van der Waals surface area (Å²) in [4.78, 5) is 18.4. The first-order chi connectivity index (χ1) is 9.83. The third-order valence-electron chi connectivity index (χ3n) is 3.24. The van der Waals surface area contributed by atoms with E-state index in [0.717, 1.165) is 35.6 Å². The summed E-state index contributed by atoms with van der Waals surface area (Å²) in [5, 5.41) is 2.95. The molecule has 3 rings (SSSR count). The third-order valence-corrected chi connectivity index (χ3v) is 4.48. The molecule has 0 fully saturated rings. The molecule has 0 radical (unpaired) electrons. The second-order valence-electron chi connectivity index (χ2n) is 4.69. The van der Waals surface area contributed by atoms with Crippen molar-refractivity contribution in [2.24, 2.45) is 0 Å². The van der Waals surface area contributed by atoms with Crippen LogP contribution in [-0.4, -0.2) is 24.0 Å². The first-order valence-corrected chi connectivity index (χ1v) is 7.52. The van der Waals surface area contributed by atoms with E-state index >= 15 is 0 Å². The number of amides is 1. The van der Waals surface area contributed by atoms with E-state index < -0.39 is 0 Å². The zero-order valence-corrected chi connectivity index (χ0v) is 11.9. The normalized spacial score (nSPS) is 13.8. The number of carbonyl (C=O) groups is 1. The molecule has 0 aliphatic carbocycles. The molecule has 0 unspecified atom stereocenters. The Morgan fingerprint density at radius 1 is 1.45 bits per heavy atom. The van der Waals surface area contributed by atoms with Crippen LogP contribution in [0.15, 0.2) is 30.5 Å². The summed E-state index contributed by atoms with van der Waals surface area (Å²) < 4.78 is 5.39. The number of nitrogens with one attached hydrogen (secondary N) is 1. The quantitative estimate of drug-likeness (QED) is 0.938. The molecule has 1 aliphatic heterocycles. The van der Waals surface area contributed by atoms with Crippen molar-refractivity contribution >= 4 is 17.2 Å². The van der Waals surface area contributed by atoms with Gasteiger partial charge in [0.05, 0.1) is 18.1 Å². The topological polar surface area (TPSA) is 51.2 Å². The highest BCUT2D eigenvalue weighted by Gasteiger charge is 2.17. The first kappa shape index (κ1) is 13.3. The fourth-order valence-electron chi connectivity index (χ4n) is 2.20. The predicted molar refractivity (Wildman–Crippen MR) is 78.0 cm³/mol. The van der Waals surface area contributed by atoms with Crippen LogP contribution in [0.5, 0.6) is 0 Å². The Labute approximate surface area is 121 Å². The van der Waals surface area contributed by atoms with Crippen LogP contribution in [-0.2, 0) is 24.2 Å².